The quantitative estimate of drug-likeness (QED) is 0.504. The molecule has 2 aromatic rings. The van der Waals surface area contributed by atoms with Gasteiger partial charge in [0.2, 0.25) is 11.7 Å². The minimum atomic E-state index is -1.04. The molecule has 1 aromatic carbocycles. The fourth-order valence-electron chi connectivity index (χ4n) is 1.43. The second kappa shape index (κ2) is 6.08. The van der Waals surface area contributed by atoms with Gasteiger partial charge in [-0.25, -0.2) is 5.84 Å². The fraction of sp³-hybridized carbons (Fsp3) is 0. The molecule has 0 aliphatic carbocycles. The molecule has 0 saturated heterocycles. The predicted octanol–water partition coefficient (Wildman–Crippen LogP) is 3.51. The summed E-state index contributed by atoms with van der Waals surface area (Å²) in [4.78, 5) is 13.6. The van der Waals surface area contributed by atoms with Gasteiger partial charge >= 0.3 is 5.69 Å². The van der Waals surface area contributed by atoms with Gasteiger partial charge in [0, 0.05) is 12.1 Å². The molecule has 0 aliphatic rings. The van der Waals surface area contributed by atoms with Crippen LogP contribution in [0.4, 0.5) is 15.9 Å². The van der Waals surface area contributed by atoms with Crippen LogP contribution in [0, 0.1) is 15.9 Å². The Morgan fingerprint density at radius 1 is 1.33 bits per heavy atom. The molecular weight excluding hydrogens is 326 g/mol. The molecule has 1 aromatic heterocycles. The van der Waals surface area contributed by atoms with Crippen molar-refractivity contribution < 1.29 is 14.1 Å². The number of rotatable bonds is 4. The van der Waals surface area contributed by atoms with Crippen molar-refractivity contribution in [2.45, 2.75) is 0 Å². The van der Waals surface area contributed by atoms with Crippen molar-refractivity contribution in [1.29, 1.82) is 0 Å². The zero-order valence-corrected chi connectivity index (χ0v) is 11.7. The van der Waals surface area contributed by atoms with Crippen LogP contribution in [0.3, 0.4) is 0 Å². The van der Waals surface area contributed by atoms with E-state index in [1.165, 1.54) is 12.1 Å². The minimum Gasteiger partial charge on any atom is -0.437 e. The van der Waals surface area contributed by atoms with E-state index in [9.17, 15) is 14.5 Å². The average Bonchev–Trinajstić information content (AvgIpc) is 2.41. The molecule has 0 fully saturated rings. The normalized spacial score (nSPS) is 10.3. The Morgan fingerprint density at radius 3 is 2.62 bits per heavy atom. The summed E-state index contributed by atoms with van der Waals surface area (Å²) in [5.74, 6) is 4.18. The molecule has 0 atom stereocenters. The van der Waals surface area contributed by atoms with E-state index in [0.29, 0.717) is 0 Å². The van der Waals surface area contributed by atoms with Crippen LogP contribution in [0.5, 0.6) is 11.6 Å². The Hall–Kier alpha value is -2.16. The van der Waals surface area contributed by atoms with Crippen LogP contribution < -0.4 is 16.0 Å². The van der Waals surface area contributed by atoms with E-state index in [0.717, 1.165) is 12.1 Å². The summed E-state index contributed by atoms with van der Waals surface area (Å²) in [5, 5.41) is 10.8. The number of nitrogens with two attached hydrogens (primary N) is 1. The minimum absolute atomic E-state index is 0.0159. The Labute approximate surface area is 127 Å². The maximum atomic E-state index is 13.5. The lowest BCUT2D eigenvalue weighted by atomic mass is 10.3. The number of hydrogen-bond donors (Lipinski definition) is 2. The van der Waals surface area contributed by atoms with Gasteiger partial charge < -0.3 is 10.2 Å². The Morgan fingerprint density at radius 2 is 2.05 bits per heavy atom. The highest BCUT2D eigenvalue weighted by Crippen LogP contribution is 2.34. The highest BCUT2D eigenvalue weighted by molar-refractivity contribution is 6.36. The van der Waals surface area contributed by atoms with E-state index in [2.05, 4.69) is 10.4 Å². The standard InChI is InChI=1S/C11H7Cl2FN4O3/c12-6-4-7(13)11(16-10(6)17-15)21-5-1-2-9(18(19)20)8(14)3-5/h1-4H,15H2,(H,16,17). The second-order valence-electron chi connectivity index (χ2n) is 3.72. The third-order valence-corrected chi connectivity index (χ3v) is 2.92. The molecule has 0 radical (unpaired) electrons. The zero-order valence-electron chi connectivity index (χ0n) is 10.1. The number of hydrazine groups is 1. The average molecular weight is 333 g/mol. The van der Waals surface area contributed by atoms with Crippen molar-refractivity contribution in [2.75, 3.05) is 5.43 Å². The Balaban J connectivity index is 2.34. The number of pyridine rings is 1. The SMILES string of the molecule is NNc1nc(Oc2ccc([N+](=O)[O-])c(F)c2)c(Cl)cc1Cl. The summed E-state index contributed by atoms with van der Waals surface area (Å²) in [6.07, 6.45) is 0. The van der Waals surface area contributed by atoms with Crippen LogP contribution in [-0.4, -0.2) is 9.91 Å². The number of nitro benzene ring substituents is 1. The van der Waals surface area contributed by atoms with Crippen LogP contribution in [0.2, 0.25) is 10.0 Å². The van der Waals surface area contributed by atoms with Crippen LogP contribution in [0.1, 0.15) is 0 Å². The maximum absolute atomic E-state index is 13.5. The van der Waals surface area contributed by atoms with Gasteiger partial charge in [-0.3, -0.25) is 10.1 Å². The van der Waals surface area contributed by atoms with E-state index >= 15 is 0 Å². The van der Waals surface area contributed by atoms with Crippen molar-refractivity contribution in [1.82, 2.24) is 4.98 Å². The van der Waals surface area contributed by atoms with Crippen LogP contribution >= 0.6 is 23.2 Å². The molecule has 0 spiro atoms. The van der Waals surface area contributed by atoms with Gasteiger partial charge in [0.05, 0.1) is 9.95 Å². The number of anilines is 1. The second-order valence-corrected chi connectivity index (χ2v) is 4.54. The molecule has 2 rings (SSSR count). The number of aromatic nitrogens is 1. The summed E-state index contributed by atoms with van der Waals surface area (Å²) in [6, 6.07) is 4.36. The number of ether oxygens (including phenoxy) is 1. The molecule has 110 valence electrons. The highest BCUT2D eigenvalue weighted by Gasteiger charge is 2.16. The van der Waals surface area contributed by atoms with Gasteiger partial charge in [-0.2, -0.15) is 9.37 Å². The van der Waals surface area contributed by atoms with Crippen molar-refractivity contribution >= 4 is 34.7 Å². The van der Waals surface area contributed by atoms with E-state index in [1.807, 2.05) is 0 Å². The van der Waals surface area contributed by atoms with E-state index in [4.69, 9.17) is 33.8 Å². The van der Waals surface area contributed by atoms with Gasteiger partial charge in [0.25, 0.3) is 0 Å². The molecule has 3 N–H and O–H groups in total. The first-order chi connectivity index (χ1) is 9.92. The van der Waals surface area contributed by atoms with Crippen LogP contribution in [0.15, 0.2) is 24.3 Å². The number of nitrogen functional groups attached to an aromatic ring is 1. The lowest BCUT2D eigenvalue weighted by molar-refractivity contribution is -0.387. The van der Waals surface area contributed by atoms with Gasteiger partial charge in [-0.05, 0) is 12.1 Å². The number of nitrogens with one attached hydrogen (secondary N) is 1. The van der Waals surface area contributed by atoms with Crippen LogP contribution in [0.25, 0.3) is 0 Å². The summed E-state index contributed by atoms with van der Waals surface area (Å²) < 4.78 is 18.7. The van der Waals surface area contributed by atoms with Crippen molar-refractivity contribution in [2.24, 2.45) is 5.84 Å². The third-order valence-electron chi connectivity index (χ3n) is 2.36. The molecule has 0 unspecified atom stereocenters. The topological polar surface area (TPSA) is 103 Å². The van der Waals surface area contributed by atoms with Crippen LogP contribution in [-0.2, 0) is 0 Å². The first-order valence-electron chi connectivity index (χ1n) is 5.37. The largest absolute Gasteiger partial charge is 0.437 e. The first kappa shape index (κ1) is 15.2. The molecule has 1 heterocycles. The third kappa shape index (κ3) is 3.30. The molecular formula is C11H7Cl2FN4O3. The fourth-order valence-corrected chi connectivity index (χ4v) is 1.89. The lowest BCUT2D eigenvalue weighted by Gasteiger charge is -2.09. The van der Waals surface area contributed by atoms with Crippen molar-refractivity contribution in [3.63, 3.8) is 0 Å². The molecule has 7 nitrogen and oxygen atoms in total. The predicted molar refractivity (Wildman–Crippen MR) is 75.2 cm³/mol. The monoisotopic (exact) mass is 332 g/mol. The molecule has 0 bridgehead atoms. The molecule has 10 heteroatoms. The number of benzene rings is 1. The summed E-state index contributed by atoms with van der Waals surface area (Å²) >= 11 is 11.7. The lowest BCUT2D eigenvalue weighted by Crippen LogP contribution is -2.09. The van der Waals surface area contributed by atoms with E-state index in [1.54, 1.807) is 0 Å². The smallest absolute Gasteiger partial charge is 0.305 e. The van der Waals surface area contributed by atoms with Crippen molar-refractivity contribution in [3.05, 3.63) is 50.2 Å². The number of nitrogens with zero attached hydrogens (tertiary/aromatic N) is 2. The number of nitro groups is 1. The maximum Gasteiger partial charge on any atom is 0.305 e. The zero-order chi connectivity index (χ0) is 15.6. The highest BCUT2D eigenvalue weighted by atomic mass is 35.5. The number of halogens is 3. The summed E-state index contributed by atoms with van der Waals surface area (Å²) in [7, 11) is 0. The molecule has 21 heavy (non-hydrogen) atoms. The summed E-state index contributed by atoms with van der Waals surface area (Å²) in [5.41, 5.74) is 1.57. The van der Waals surface area contributed by atoms with Gasteiger partial charge in [-0.1, -0.05) is 23.2 Å². The Bertz CT molecular complexity index is 714. The molecule has 0 amide bonds. The van der Waals surface area contributed by atoms with Gasteiger partial charge in [0.1, 0.15) is 10.8 Å². The van der Waals surface area contributed by atoms with E-state index < -0.39 is 16.4 Å². The first-order valence-corrected chi connectivity index (χ1v) is 6.12. The Kier molecular flexibility index (Phi) is 4.41. The summed E-state index contributed by atoms with van der Waals surface area (Å²) in [6.45, 7) is 0. The van der Waals surface area contributed by atoms with E-state index in [-0.39, 0.29) is 27.5 Å². The van der Waals surface area contributed by atoms with Crippen molar-refractivity contribution in [3.8, 4) is 11.6 Å². The molecule has 0 saturated carbocycles. The number of hydrogen-bond acceptors (Lipinski definition) is 6. The molecule has 0 aliphatic heterocycles. The van der Waals surface area contributed by atoms with Gasteiger partial charge in [0.15, 0.2) is 5.82 Å². The van der Waals surface area contributed by atoms with Gasteiger partial charge in [-0.15, -0.1) is 0 Å².